The molecule has 0 aliphatic heterocycles. The number of benzene rings is 2. The van der Waals surface area contributed by atoms with Crippen molar-refractivity contribution in [2.24, 2.45) is 5.73 Å². The summed E-state index contributed by atoms with van der Waals surface area (Å²) in [4.78, 5) is 17.5. The maximum absolute atomic E-state index is 13.1. The summed E-state index contributed by atoms with van der Waals surface area (Å²) < 4.78 is 39.2. The molecule has 0 aliphatic carbocycles. The van der Waals surface area contributed by atoms with Crippen molar-refractivity contribution in [2.75, 3.05) is 26.4 Å². The molecule has 0 spiro atoms. The first-order chi connectivity index (χ1) is 13.7. The molecule has 1 unspecified atom stereocenters. The highest BCUT2D eigenvalue weighted by atomic mass is 31.2. The zero-order chi connectivity index (χ0) is 21.3. The molecule has 0 fully saturated rings. The molecule has 5 N–H and O–H groups in total. The quantitative estimate of drug-likeness (QED) is 0.298. The van der Waals surface area contributed by atoms with Crippen LogP contribution in [0.5, 0.6) is 11.5 Å². The number of rotatable bonds is 12. The van der Waals surface area contributed by atoms with Crippen LogP contribution < -0.4 is 15.2 Å². The van der Waals surface area contributed by atoms with Gasteiger partial charge in [0.2, 0.25) is 0 Å². The van der Waals surface area contributed by atoms with E-state index in [2.05, 4.69) is 4.52 Å². The Hall–Kier alpha value is -2.00. The van der Waals surface area contributed by atoms with Gasteiger partial charge < -0.3 is 30.1 Å². The average Bonchev–Trinajstić information content (AvgIpc) is 2.69. The smallest absolute Gasteiger partial charge is 0.469 e. The van der Waals surface area contributed by atoms with Gasteiger partial charge >= 0.3 is 7.82 Å². The largest absolute Gasteiger partial charge is 0.490 e. The normalized spacial score (nSPS) is 13.7. The van der Waals surface area contributed by atoms with E-state index in [0.29, 0.717) is 17.9 Å². The van der Waals surface area contributed by atoms with E-state index in [1.807, 2.05) is 12.1 Å². The van der Waals surface area contributed by atoms with E-state index >= 15 is 0 Å². The second-order valence-corrected chi connectivity index (χ2v) is 7.82. The summed E-state index contributed by atoms with van der Waals surface area (Å²) in [7, 11) is -4.65. The van der Waals surface area contributed by atoms with E-state index < -0.39 is 26.6 Å². The molecule has 0 aliphatic rings. The van der Waals surface area contributed by atoms with E-state index in [4.69, 9.17) is 25.0 Å². The third kappa shape index (κ3) is 8.91. The molecule has 10 heteroatoms. The standard InChI is InChI=1S/C19H25FNO7P/c20-16-2-1-3-18(12-16)27-11-10-26-17-6-4-15(5-7-17)8-9-19(21,13-22)14-28-29(23,24)25/h1-7,12,22H,8-11,13-14,21H2,(H2,23,24,25). The number of nitrogens with two attached hydrogens (primary N) is 1. The third-order valence-corrected chi connectivity index (χ3v) is 4.55. The molecule has 2 rings (SSSR count). The summed E-state index contributed by atoms with van der Waals surface area (Å²) in [5.41, 5.74) is 5.59. The van der Waals surface area contributed by atoms with Crippen LogP contribution in [0.4, 0.5) is 4.39 Å². The lowest BCUT2D eigenvalue weighted by Gasteiger charge is -2.27. The van der Waals surface area contributed by atoms with Crippen molar-refractivity contribution in [3.8, 4) is 11.5 Å². The predicted molar refractivity (Wildman–Crippen MR) is 104 cm³/mol. The van der Waals surface area contributed by atoms with Gasteiger partial charge in [-0.25, -0.2) is 8.96 Å². The maximum atomic E-state index is 13.1. The lowest BCUT2D eigenvalue weighted by molar-refractivity contribution is 0.102. The zero-order valence-corrected chi connectivity index (χ0v) is 16.6. The van der Waals surface area contributed by atoms with Gasteiger partial charge in [-0.2, -0.15) is 0 Å². The highest BCUT2D eigenvalue weighted by Gasteiger charge is 2.28. The number of aliphatic hydroxyl groups is 1. The van der Waals surface area contributed by atoms with Gasteiger partial charge in [0.05, 0.1) is 18.8 Å². The van der Waals surface area contributed by atoms with Gasteiger partial charge in [0.1, 0.15) is 30.5 Å². The number of ether oxygens (including phenoxy) is 2. The Labute approximate surface area is 168 Å². The van der Waals surface area contributed by atoms with E-state index in [1.165, 1.54) is 12.1 Å². The Kier molecular flexibility index (Phi) is 8.58. The molecule has 0 saturated heterocycles. The van der Waals surface area contributed by atoms with Gasteiger partial charge in [0, 0.05) is 6.07 Å². The fourth-order valence-electron chi connectivity index (χ4n) is 2.43. The summed E-state index contributed by atoms with van der Waals surface area (Å²) in [5.74, 6) is 0.693. The molecule has 29 heavy (non-hydrogen) atoms. The minimum absolute atomic E-state index is 0.261. The Bertz CT molecular complexity index is 814. The maximum Gasteiger partial charge on any atom is 0.469 e. The molecular formula is C19H25FNO7P. The summed E-state index contributed by atoms with van der Waals surface area (Å²) in [6, 6.07) is 13.0. The van der Waals surface area contributed by atoms with Crippen LogP contribution >= 0.6 is 7.82 Å². The third-order valence-electron chi connectivity index (χ3n) is 4.09. The van der Waals surface area contributed by atoms with E-state index in [1.54, 1.807) is 24.3 Å². The Balaban J connectivity index is 1.75. The monoisotopic (exact) mass is 429 g/mol. The molecule has 1 atom stereocenters. The van der Waals surface area contributed by atoms with Crippen molar-refractivity contribution >= 4 is 7.82 Å². The van der Waals surface area contributed by atoms with Crippen molar-refractivity contribution in [3.05, 3.63) is 59.9 Å². The predicted octanol–water partition coefficient (Wildman–Crippen LogP) is 2.02. The Morgan fingerprint density at radius 2 is 1.69 bits per heavy atom. The molecule has 0 aromatic heterocycles. The topological polar surface area (TPSA) is 131 Å². The lowest BCUT2D eigenvalue weighted by Crippen LogP contribution is -2.48. The number of phosphoric acid groups is 1. The van der Waals surface area contributed by atoms with E-state index in [9.17, 15) is 14.1 Å². The van der Waals surface area contributed by atoms with E-state index in [0.717, 1.165) is 5.56 Å². The van der Waals surface area contributed by atoms with Crippen molar-refractivity contribution in [1.82, 2.24) is 0 Å². The number of aliphatic hydroxyl groups excluding tert-OH is 1. The Morgan fingerprint density at radius 3 is 2.28 bits per heavy atom. The average molecular weight is 429 g/mol. The molecule has 0 saturated carbocycles. The van der Waals surface area contributed by atoms with Crippen LogP contribution in [0.2, 0.25) is 0 Å². The van der Waals surface area contributed by atoms with Crippen molar-refractivity contribution in [2.45, 2.75) is 18.4 Å². The van der Waals surface area contributed by atoms with Gasteiger partial charge in [0.15, 0.2) is 0 Å². The molecule has 0 amide bonds. The molecule has 0 radical (unpaired) electrons. The highest BCUT2D eigenvalue weighted by Crippen LogP contribution is 2.36. The first-order valence-electron chi connectivity index (χ1n) is 8.89. The van der Waals surface area contributed by atoms with Crippen LogP contribution in [0.1, 0.15) is 12.0 Å². The van der Waals surface area contributed by atoms with Crippen molar-refractivity contribution < 1.29 is 37.8 Å². The molecular weight excluding hydrogens is 404 g/mol. The van der Waals surface area contributed by atoms with Gasteiger partial charge in [0.25, 0.3) is 0 Å². The van der Waals surface area contributed by atoms with Crippen LogP contribution in [0.3, 0.4) is 0 Å². The summed E-state index contributed by atoms with van der Waals surface area (Å²) in [5, 5.41) is 9.41. The minimum atomic E-state index is -4.65. The first-order valence-corrected chi connectivity index (χ1v) is 10.4. The first kappa shape index (κ1) is 23.3. The van der Waals surface area contributed by atoms with Crippen molar-refractivity contribution in [1.29, 1.82) is 0 Å². The van der Waals surface area contributed by atoms with Crippen LogP contribution in [0, 0.1) is 5.82 Å². The van der Waals surface area contributed by atoms with Crippen molar-refractivity contribution in [3.63, 3.8) is 0 Å². The number of phosphoric ester groups is 1. The molecule has 160 valence electrons. The number of aryl methyl sites for hydroxylation is 1. The molecule has 0 heterocycles. The highest BCUT2D eigenvalue weighted by molar-refractivity contribution is 7.46. The SMILES string of the molecule is NC(CO)(CCc1ccc(OCCOc2cccc(F)c2)cc1)COP(=O)(O)O. The van der Waals surface area contributed by atoms with Crippen LogP contribution in [0.15, 0.2) is 48.5 Å². The van der Waals surface area contributed by atoms with Gasteiger partial charge in [-0.05, 0) is 42.7 Å². The van der Waals surface area contributed by atoms with Gasteiger partial charge in [-0.15, -0.1) is 0 Å². The number of hydrogen-bond donors (Lipinski definition) is 4. The number of hydrogen-bond acceptors (Lipinski definition) is 6. The fraction of sp³-hybridized carbons (Fsp3) is 0.368. The fourth-order valence-corrected chi connectivity index (χ4v) is 2.86. The second kappa shape index (κ2) is 10.7. The number of halogens is 1. The van der Waals surface area contributed by atoms with Gasteiger partial charge in [-0.1, -0.05) is 18.2 Å². The Morgan fingerprint density at radius 1 is 1.03 bits per heavy atom. The molecule has 2 aromatic carbocycles. The molecule has 0 bridgehead atoms. The van der Waals surface area contributed by atoms with E-state index in [-0.39, 0.29) is 25.5 Å². The van der Waals surface area contributed by atoms with Crippen LogP contribution in [-0.4, -0.2) is 46.9 Å². The molecule has 2 aromatic rings. The summed E-state index contributed by atoms with van der Waals surface area (Å²) in [6.45, 7) is -0.386. The molecule has 8 nitrogen and oxygen atoms in total. The lowest BCUT2D eigenvalue weighted by atomic mass is 9.94. The second-order valence-electron chi connectivity index (χ2n) is 6.58. The van der Waals surface area contributed by atoms with Crippen LogP contribution in [-0.2, 0) is 15.5 Å². The summed E-state index contributed by atoms with van der Waals surface area (Å²) >= 11 is 0. The zero-order valence-electron chi connectivity index (χ0n) is 15.7. The van der Waals surface area contributed by atoms with Crippen LogP contribution in [0.25, 0.3) is 0 Å². The summed E-state index contributed by atoms with van der Waals surface area (Å²) in [6.07, 6.45) is 0.746. The minimum Gasteiger partial charge on any atom is -0.490 e. The van der Waals surface area contributed by atoms with Gasteiger partial charge in [-0.3, -0.25) is 4.52 Å².